The van der Waals surface area contributed by atoms with E-state index in [-0.39, 0.29) is 5.91 Å². The summed E-state index contributed by atoms with van der Waals surface area (Å²) in [5.74, 6) is -1.72. The van der Waals surface area contributed by atoms with Crippen LogP contribution in [0.5, 0.6) is 0 Å². The van der Waals surface area contributed by atoms with Crippen LogP contribution in [0.1, 0.15) is 19.7 Å². The molecule has 1 aromatic rings. The number of nitrogens with one attached hydrogen (secondary N) is 1. The normalized spacial score (nSPS) is 14.1. The standard InChI is InChI=1S/C11H17N3O3/c1-7(8(2)11(16)17)10(15)14(3)6-9-12-4-5-13-9/h4-5,7-8H,6H2,1-3H3,(H,12,13)(H,16,17). The Bertz CT molecular complexity index is 389. The van der Waals surface area contributed by atoms with Crippen LogP contribution in [-0.4, -0.2) is 38.9 Å². The number of rotatable bonds is 5. The molecule has 0 bridgehead atoms. The molecule has 1 rings (SSSR count). The molecule has 94 valence electrons. The number of hydrogen-bond acceptors (Lipinski definition) is 3. The minimum atomic E-state index is -0.961. The first-order valence-corrected chi connectivity index (χ1v) is 5.39. The lowest BCUT2D eigenvalue weighted by Crippen LogP contribution is -2.36. The summed E-state index contributed by atoms with van der Waals surface area (Å²) in [5, 5.41) is 8.85. The molecule has 17 heavy (non-hydrogen) atoms. The zero-order valence-electron chi connectivity index (χ0n) is 10.2. The van der Waals surface area contributed by atoms with E-state index in [1.807, 2.05) is 0 Å². The molecule has 0 saturated carbocycles. The van der Waals surface area contributed by atoms with Crippen molar-refractivity contribution in [1.29, 1.82) is 0 Å². The predicted octanol–water partition coefficient (Wildman–Crippen LogP) is 0.725. The maximum atomic E-state index is 11.9. The quantitative estimate of drug-likeness (QED) is 0.792. The van der Waals surface area contributed by atoms with Gasteiger partial charge in [-0.15, -0.1) is 0 Å². The average molecular weight is 239 g/mol. The molecule has 0 fully saturated rings. The van der Waals surface area contributed by atoms with Crippen molar-refractivity contribution in [3.8, 4) is 0 Å². The van der Waals surface area contributed by atoms with Crippen LogP contribution in [0.3, 0.4) is 0 Å². The maximum Gasteiger partial charge on any atom is 0.307 e. The van der Waals surface area contributed by atoms with Gasteiger partial charge in [0.15, 0.2) is 0 Å². The van der Waals surface area contributed by atoms with Gasteiger partial charge in [-0.25, -0.2) is 4.98 Å². The van der Waals surface area contributed by atoms with Crippen LogP contribution in [0.2, 0.25) is 0 Å². The fraction of sp³-hybridized carbons (Fsp3) is 0.545. The number of carboxylic acid groups (broad SMARTS) is 1. The lowest BCUT2D eigenvalue weighted by molar-refractivity contribution is -0.148. The van der Waals surface area contributed by atoms with Gasteiger partial charge >= 0.3 is 5.97 Å². The Morgan fingerprint density at radius 3 is 2.59 bits per heavy atom. The van der Waals surface area contributed by atoms with E-state index in [0.29, 0.717) is 12.4 Å². The molecule has 0 radical (unpaired) electrons. The van der Waals surface area contributed by atoms with Gasteiger partial charge < -0.3 is 15.0 Å². The van der Waals surface area contributed by atoms with Crippen LogP contribution >= 0.6 is 0 Å². The molecular weight excluding hydrogens is 222 g/mol. The number of amides is 1. The first kappa shape index (κ1) is 13.2. The fourth-order valence-corrected chi connectivity index (χ4v) is 1.46. The Labute approximate surface area is 99.7 Å². The van der Waals surface area contributed by atoms with Crippen LogP contribution in [-0.2, 0) is 16.1 Å². The van der Waals surface area contributed by atoms with E-state index in [9.17, 15) is 9.59 Å². The summed E-state index contributed by atoms with van der Waals surface area (Å²) in [7, 11) is 1.63. The number of aromatic nitrogens is 2. The molecule has 2 unspecified atom stereocenters. The number of aromatic amines is 1. The molecule has 2 N–H and O–H groups in total. The SMILES string of the molecule is CC(C(=O)O)C(C)C(=O)N(C)Cc1ncc[nH]1. The number of H-pyrrole nitrogens is 1. The zero-order valence-corrected chi connectivity index (χ0v) is 10.2. The molecule has 1 aromatic heterocycles. The van der Waals surface area contributed by atoms with Crippen molar-refractivity contribution < 1.29 is 14.7 Å². The Morgan fingerprint density at radius 2 is 2.12 bits per heavy atom. The van der Waals surface area contributed by atoms with Crippen LogP contribution in [0.4, 0.5) is 0 Å². The topological polar surface area (TPSA) is 86.3 Å². The molecule has 0 aliphatic carbocycles. The van der Waals surface area contributed by atoms with Crippen LogP contribution in [0.15, 0.2) is 12.4 Å². The minimum Gasteiger partial charge on any atom is -0.481 e. The summed E-state index contributed by atoms with van der Waals surface area (Å²) in [4.78, 5) is 31.1. The molecular formula is C11H17N3O3. The number of carboxylic acids is 1. The highest BCUT2D eigenvalue weighted by atomic mass is 16.4. The summed E-state index contributed by atoms with van der Waals surface area (Å²) in [6.45, 7) is 3.51. The molecule has 0 saturated heterocycles. The van der Waals surface area contributed by atoms with Gasteiger partial charge in [-0.2, -0.15) is 0 Å². The van der Waals surface area contributed by atoms with Crippen molar-refractivity contribution in [2.75, 3.05) is 7.05 Å². The molecule has 1 amide bonds. The molecule has 0 aromatic carbocycles. The Morgan fingerprint density at radius 1 is 1.47 bits per heavy atom. The second-order valence-corrected chi connectivity index (χ2v) is 4.15. The van der Waals surface area contributed by atoms with Gasteiger partial charge in [0.1, 0.15) is 5.82 Å². The van der Waals surface area contributed by atoms with Crippen molar-refractivity contribution in [3.63, 3.8) is 0 Å². The third-order valence-electron chi connectivity index (χ3n) is 2.85. The molecule has 6 heteroatoms. The monoisotopic (exact) mass is 239 g/mol. The number of carbonyl (C=O) groups is 2. The largest absolute Gasteiger partial charge is 0.481 e. The Balaban J connectivity index is 2.60. The summed E-state index contributed by atoms with van der Waals surface area (Å²) in [5.41, 5.74) is 0. The third kappa shape index (κ3) is 3.30. The van der Waals surface area contributed by atoms with Gasteiger partial charge in [-0.1, -0.05) is 13.8 Å². The summed E-state index contributed by atoms with van der Waals surface area (Å²) >= 11 is 0. The zero-order chi connectivity index (χ0) is 13.0. The maximum absolute atomic E-state index is 11.9. The second kappa shape index (κ2) is 5.47. The highest BCUT2D eigenvalue weighted by molar-refractivity contribution is 5.84. The Hall–Kier alpha value is -1.85. The smallest absolute Gasteiger partial charge is 0.307 e. The van der Waals surface area contributed by atoms with Crippen molar-refractivity contribution >= 4 is 11.9 Å². The molecule has 0 aliphatic heterocycles. The molecule has 1 heterocycles. The van der Waals surface area contributed by atoms with Gasteiger partial charge in [0, 0.05) is 25.4 Å². The van der Waals surface area contributed by atoms with Gasteiger partial charge in [0.25, 0.3) is 0 Å². The van der Waals surface area contributed by atoms with Crippen LogP contribution in [0.25, 0.3) is 0 Å². The summed E-state index contributed by atoms with van der Waals surface area (Å²) in [6.07, 6.45) is 3.29. The number of carbonyl (C=O) groups excluding carboxylic acids is 1. The Kier molecular flexibility index (Phi) is 4.25. The predicted molar refractivity (Wildman–Crippen MR) is 61.0 cm³/mol. The highest BCUT2D eigenvalue weighted by Gasteiger charge is 2.28. The van der Waals surface area contributed by atoms with Crippen molar-refractivity contribution in [1.82, 2.24) is 14.9 Å². The summed E-state index contributed by atoms with van der Waals surface area (Å²) < 4.78 is 0. The minimum absolute atomic E-state index is 0.198. The van der Waals surface area contributed by atoms with E-state index in [0.717, 1.165) is 0 Å². The van der Waals surface area contributed by atoms with Crippen LogP contribution < -0.4 is 0 Å². The van der Waals surface area contributed by atoms with Crippen molar-refractivity contribution in [3.05, 3.63) is 18.2 Å². The van der Waals surface area contributed by atoms with Gasteiger partial charge in [-0.3, -0.25) is 9.59 Å². The van der Waals surface area contributed by atoms with E-state index in [4.69, 9.17) is 5.11 Å². The third-order valence-corrected chi connectivity index (χ3v) is 2.85. The molecule has 0 aliphatic rings. The highest BCUT2D eigenvalue weighted by Crippen LogP contribution is 2.14. The number of imidazole rings is 1. The second-order valence-electron chi connectivity index (χ2n) is 4.15. The van der Waals surface area contributed by atoms with E-state index in [1.165, 1.54) is 11.8 Å². The molecule has 2 atom stereocenters. The average Bonchev–Trinajstić information content (AvgIpc) is 2.78. The lowest BCUT2D eigenvalue weighted by atomic mass is 9.95. The van der Waals surface area contributed by atoms with Gasteiger partial charge in [0.05, 0.1) is 12.5 Å². The van der Waals surface area contributed by atoms with Crippen molar-refractivity contribution in [2.24, 2.45) is 11.8 Å². The number of hydrogen-bond donors (Lipinski definition) is 2. The number of aliphatic carboxylic acids is 1. The number of nitrogens with zero attached hydrogens (tertiary/aromatic N) is 2. The van der Waals surface area contributed by atoms with E-state index >= 15 is 0 Å². The first-order chi connectivity index (χ1) is 7.93. The van der Waals surface area contributed by atoms with E-state index < -0.39 is 17.8 Å². The first-order valence-electron chi connectivity index (χ1n) is 5.39. The van der Waals surface area contributed by atoms with Crippen molar-refractivity contribution in [2.45, 2.75) is 20.4 Å². The summed E-state index contributed by atoms with van der Waals surface area (Å²) in [6, 6.07) is 0. The van der Waals surface area contributed by atoms with E-state index in [1.54, 1.807) is 26.4 Å². The molecule has 0 spiro atoms. The molecule has 6 nitrogen and oxygen atoms in total. The van der Waals surface area contributed by atoms with Crippen LogP contribution in [0, 0.1) is 11.8 Å². The van der Waals surface area contributed by atoms with Gasteiger partial charge in [0.2, 0.25) is 5.91 Å². The van der Waals surface area contributed by atoms with E-state index in [2.05, 4.69) is 9.97 Å². The fourth-order valence-electron chi connectivity index (χ4n) is 1.46. The van der Waals surface area contributed by atoms with Gasteiger partial charge in [-0.05, 0) is 0 Å². The lowest BCUT2D eigenvalue weighted by Gasteiger charge is -2.22.